The van der Waals surface area contributed by atoms with E-state index in [4.69, 9.17) is 10.5 Å². The molecule has 0 radical (unpaired) electrons. The molecule has 1 aromatic heterocycles. The number of halogens is 3. The monoisotopic (exact) mass is 403 g/mol. The van der Waals surface area contributed by atoms with Gasteiger partial charge in [-0.3, -0.25) is 0 Å². The van der Waals surface area contributed by atoms with E-state index in [-0.39, 0.29) is 12.4 Å². The molecule has 154 valence electrons. The number of nitrogens with two attached hydrogens (primary N) is 1. The minimum atomic E-state index is -4.57. The summed E-state index contributed by atoms with van der Waals surface area (Å²) in [6, 6.07) is 11.2. The van der Waals surface area contributed by atoms with Gasteiger partial charge in [0.1, 0.15) is 18.7 Å². The Morgan fingerprint density at radius 3 is 2.48 bits per heavy atom. The third-order valence-electron chi connectivity index (χ3n) is 4.53. The van der Waals surface area contributed by atoms with Gasteiger partial charge in [0.15, 0.2) is 0 Å². The number of nitrogens with zero attached hydrogens (tertiary/aromatic N) is 2. The quantitative estimate of drug-likeness (QED) is 0.594. The van der Waals surface area contributed by atoms with E-state index < -0.39 is 17.3 Å². The van der Waals surface area contributed by atoms with Crippen molar-refractivity contribution < 1.29 is 17.9 Å². The number of rotatable bonds is 6. The molecule has 0 bridgehead atoms. The Kier molecular flexibility index (Phi) is 5.80. The summed E-state index contributed by atoms with van der Waals surface area (Å²) in [4.78, 5) is 8.37. The van der Waals surface area contributed by atoms with Crippen LogP contribution in [-0.4, -0.2) is 22.1 Å². The fourth-order valence-corrected chi connectivity index (χ4v) is 3.49. The molecule has 0 saturated carbocycles. The summed E-state index contributed by atoms with van der Waals surface area (Å²) in [5.74, 6) is 0.0733. The molecule has 4 nitrogen and oxygen atoms in total. The molecule has 1 heterocycles. The van der Waals surface area contributed by atoms with Crippen LogP contribution in [0.5, 0.6) is 5.75 Å². The molecular weight excluding hydrogens is 379 g/mol. The smallest absolute Gasteiger partial charge is 0.419 e. The van der Waals surface area contributed by atoms with Crippen molar-refractivity contribution in [2.24, 2.45) is 11.7 Å². The van der Waals surface area contributed by atoms with E-state index in [0.717, 1.165) is 6.07 Å². The first-order chi connectivity index (χ1) is 13.6. The van der Waals surface area contributed by atoms with Gasteiger partial charge in [-0.05, 0) is 43.5 Å². The van der Waals surface area contributed by atoms with Crippen molar-refractivity contribution >= 4 is 10.9 Å². The molecule has 1 atom stereocenters. The SMILES string of the molecule is CC(C)CC(C)(N)COc1ccc(-c2ncnc3ccccc23)cc1C(F)(F)F. The van der Waals surface area contributed by atoms with Crippen LogP contribution in [-0.2, 0) is 6.18 Å². The second-order valence-electron chi connectivity index (χ2n) is 7.99. The third-order valence-corrected chi connectivity index (χ3v) is 4.53. The number of hydrogen-bond acceptors (Lipinski definition) is 4. The predicted octanol–water partition coefficient (Wildman–Crippen LogP) is 5.46. The van der Waals surface area contributed by atoms with Crippen molar-refractivity contribution in [2.75, 3.05) is 6.61 Å². The van der Waals surface area contributed by atoms with Crippen LogP contribution < -0.4 is 10.5 Å². The van der Waals surface area contributed by atoms with Crippen molar-refractivity contribution in [2.45, 2.75) is 38.9 Å². The molecule has 3 rings (SSSR count). The van der Waals surface area contributed by atoms with Gasteiger partial charge < -0.3 is 10.5 Å². The lowest BCUT2D eigenvalue weighted by atomic mass is 9.93. The Morgan fingerprint density at radius 2 is 1.79 bits per heavy atom. The summed E-state index contributed by atoms with van der Waals surface area (Å²) in [7, 11) is 0. The molecule has 3 aromatic rings. The largest absolute Gasteiger partial charge is 0.491 e. The van der Waals surface area contributed by atoms with E-state index in [0.29, 0.717) is 34.5 Å². The van der Waals surface area contributed by atoms with Gasteiger partial charge in [0, 0.05) is 16.5 Å². The van der Waals surface area contributed by atoms with Gasteiger partial charge >= 0.3 is 6.18 Å². The maximum atomic E-state index is 13.7. The first-order valence-electron chi connectivity index (χ1n) is 9.40. The van der Waals surface area contributed by atoms with Crippen LogP contribution in [0.15, 0.2) is 48.8 Å². The van der Waals surface area contributed by atoms with Crippen LogP contribution in [0.2, 0.25) is 0 Å². The first kappa shape index (κ1) is 21.0. The summed E-state index contributed by atoms with van der Waals surface area (Å²) < 4.78 is 46.8. The summed E-state index contributed by atoms with van der Waals surface area (Å²) in [6.07, 6.45) is -2.59. The van der Waals surface area contributed by atoms with Crippen molar-refractivity contribution in [3.05, 3.63) is 54.4 Å². The predicted molar refractivity (Wildman–Crippen MR) is 108 cm³/mol. The van der Waals surface area contributed by atoms with Crippen LogP contribution in [0.1, 0.15) is 32.8 Å². The molecule has 29 heavy (non-hydrogen) atoms. The molecule has 0 aliphatic carbocycles. The highest BCUT2D eigenvalue weighted by atomic mass is 19.4. The van der Waals surface area contributed by atoms with Gasteiger partial charge in [-0.1, -0.05) is 32.0 Å². The second kappa shape index (κ2) is 7.99. The summed E-state index contributed by atoms with van der Waals surface area (Å²) in [5.41, 5.74) is 6.07. The second-order valence-corrected chi connectivity index (χ2v) is 7.99. The Labute approximate surface area is 167 Å². The van der Waals surface area contributed by atoms with E-state index in [1.165, 1.54) is 12.4 Å². The standard InChI is InChI=1S/C22H24F3N3O/c1-14(2)11-21(3,26)12-29-19-9-8-15(10-17(19)22(23,24)25)20-16-6-4-5-7-18(16)27-13-28-20/h4-10,13-14H,11-12,26H2,1-3H3. The lowest BCUT2D eigenvalue weighted by Crippen LogP contribution is -2.43. The zero-order chi connectivity index (χ0) is 21.2. The van der Waals surface area contributed by atoms with E-state index in [1.54, 1.807) is 31.2 Å². The molecule has 2 N–H and O–H groups in total. The molecule has 0 fully saturated rings. The van der Waals surface area contributed by atoms with E-state index in [1.807, 2.05) is 19.9 Å². The van der Waals surface area contributed by atoms with Crippen molar-refractivity contribution in [1.82, 2.24) is 9.97 Å². The van der Waals surface area contributed by atoms with Crippen LogP contribution in [0, 0.1) is 5.92 Å². The summed E-state index contributed by atoms with van der Waals surface area (Å²) >= 11 is 0. The van der Waals surface area contributed by atoms with E-state index in [9.17, 15) is 13.2 Å². The lowest BCUT2D eigenvalue weighted by molar-refractivity contribution is -0.139. The summed E-state index contributed by atoms with van der Waals surface area (Å²) in [6.45, 7) is 5.78. The third kappa shape index (κ3) is 5.03. The Morgan fingerprint density at radius 1 is 1.07 bits per heavy atom. The van der Waals surface area contributed by atoms with Crippen LogP contribution in [0.25, 0.3) is 22.2 Å². The van der Waals surface area contributed by atoms with Gasteiger partial charge in [-0.15, -0.1) is 0 Å². The molecular formula is C22H24F3N3O. The minimum absolute atomic E-state index is 0.00988. The number of ether oxygens (including phenoxy) is 1. The Bertz CT molecular complexity index is 995. The van der Waals surface area contributed by atoms with Crippen molar-refractivity contribution in [3.8, 4) is 17.0 Å². The molecule has 0 aliphatic heterocycles. The molecule has 2 aromatic carbocycles. The number of alkyl halides is 3. The maximum absolute atomic E-state index is 13.7. The molecule has 0 saturated heterocycles. The Hall–Kier alpha value is -2.67. The van der Waals surface area contributed by atoms with Crippen LogP contribution >= 0.6 is 0 Å². The number of benzene rings is 2. The van der Waals surface area contributed by atoms with Gasteiger partial charge in [0.05, 0.1) is 16.8 Å². The average molecular weight is 403 g/mol. The highest BCUT2D eigenvalue weighted by Gasteiger charge is 2.35. The van der Waals surface area contributed by atoms with Crippen LogP contribution in [0.4, 0.5) is 13.2 Å². The topological polar surface area (TPSA) is 61.0 Å². The molecule has 0 amide bonds. The van der Waals surface area contributed by atoms with E-state index >= 15 is 0 Å². The highest BCUT2D eigenvalue weighted by molar-refractivity contribution is 5.92. The minimum Gasteiger partial charge on any atom is -0.491 e. The van der Waals surface area contributed by atoms with Gasteiger partial charge in [-0.25, -0.2) is 9.97 Å². The van der Waals surface area contributed by atoms with Crippen LogP contribution in [0.3, 0.4) is 0 Å². The van der Waals surface area contributed by atoms with Crippen molar-refractivity contribution in [3.63, 3.8) is 0 Å². The molecule has 0 spiro atoms. The van der Waals surface area contributed by atoms with E-state index in [2.05, 4.69) is 9.97 Å². The number of fused-ring (bicyclic) bond motifs is 1. The van der Waals surface area contributed by atoms with Gasteiger partial charge in [-0.2, -0.15) is 13.2 Å². The normalized spacial score (nSPS) is 14.2. The summed E-state index contributed by atoms with van der Waals surface area (Å²) in [5, 5.41) is 0.684. The van der Waals surface area contributed by atoms with Gasteiger partial charge in [0.25, 0.3) is 0 Å². The Balaban J connectivity index is 1.99. The molecule has 7 heteroatoms. The molecule has 0 aliphatic rings. The zero-order valence-electron chi connectivity index (χ0n) is 16.6. The maximum Gasteiger partial charge on any atom is 0.419 e. The zero-order valence-corrected chi connectivity index (χ0v) is 16.6. The highest BCUT2D eigenvalue weighted by Crippen LogP contribution is 2.39. The van der Waals surface area contributed by atoms with Gasteiger partial charge in [0.2, 0.25) is 0 Å². The molecule has 1 unspecified atom stereocenters. The lowest BCUT2D eigenvalue weighted by Gasteiger charge is -2.27. The number of para-hydroxylation sites is 1. The average Bonchev–Trinajstić information content (AvgIpc) is 2.64. The first-order valence-corrected chi connectivity index (χ1v) is 9.40. The van der Waals surface area contributed by atoms with Crippen molar-refractivity contribution in [1.29, 1.82) is 0 Å². The number of hydrogen-bond donors (Lipinski definition) is 1. The fourth-order valence-electron chi connectivity index (χ4n) is 3.49. The number of aromatic nitrogens is 2. The fraction of sp³-hybridized carbons (Fsp3) is 0.364.